The van der Waals surface area contributed by atoms with Crippen molar-refractivity contribution >= 4 is 17.6 Å². The van der Waals surface area contributed by atoms with E-state index in [1.165, 1.54) is 12.7 Å². The van der Waals surface area contributed by atoms with E-state index >= 15 is 0 Å². The van der Waals surface area contributed by atoms with E-state index in [1.54, 1.807) is 0 Å². The molecule has 0 atom stereocenters. The maximum absolute atomic E-state index is 11.6. The average Bonchev–Trinajstić information content (AvgIpc) is 3.34. The van der Waals surface area contributed by atoms with Crippen molar-refractivity contribution in [3.63, 3.8) is 0 Å². The summed E-state index contributed by atoms with van der Waals surface area (Å²) in [6, 6.07) is 8.08. The molecule has 23 heavy (non-hydrogen) atoms. The highest BCUT2D eigenvalue weighted by Crippen LogP contribution is 2.49. The van der Waals surface area contributed by atoms with Crippen LogP contribution in [0.5, 0.6) is 0 Å². The first-order chi connectivity index (χ1) is 11.1. The quantitative estimate of drug-likeness (QED) is 0.809. The molecule has 1 aromatic rings. The van der Waals surface area contributed by atoms with E-state index in [2.05, 4.69) is 17.4 Å². The summed E-state index contributed by atoms with van der Waals surface area (Å²) < 4.78 is 10.4. The number of halogens is 1. The summed E-state index contributed by atoms with van der Waals surface area (Å²) in [7, 11) is 1.46. The molecule has 0 radical (unpaired) electrons. The number of hydrogen-bond donors (Lipinski definition) is 1. The van der Waals surface area contributed by atoms with Gasteiger partial charge in [-0.25, -0.2) is 0 Å². The van der Waals surface area contributed by atoms with Crippen LogP contribution in [0.3, 0.4) is 0 Å². The molecule has 1 saturated heterocycles. The van der Waals surface area contributed by atoms with Gasteiger partial charge in [0, 0.05) is 30.3 Å². The number of nitrogens with one attached hydrogen (secondary N) is 1. The summed E-state index contributed by atoms with van der Waals surface area (Å²) in [6.45, 7) is 2.34. The summed E-state index contributed by atoms with van der Waals surface area (Å²) in [4.78, 5) is 11.6. The van der Waals surface area contributed by atoms with Crippen LogP contribution in [0.15, 0.2) is 24.3 Å². The second-order valence-electron chi connectivity index (χ2n) is 6.81. The molecule has 2 fully saturated rings. The summed E-state index contributed by atoms with van der Waals surface area (Å²) >= 11 is 6.03. The Balaban J connectivity index is 1.72. The topological polar surface area (TPSA) is 47.6 Å². The fourth-order valence-electron chi connectivity index (χ4n) is 3.38. The molecule has 1 heterocycles. The van der Waals surface area contributed by atoms with Gasteiger partial charge in [0.2, 0.25) is 0 Å². The van der Waals surface area contributed by atoms with Crippen LogP contribution < -0.4 is 5.32 Å². The van der Waals surface area contributed by atoms with E-state index < -0.39 is 0 Å². The maximum atomic E-state index is 11.6. The zero-order chi connectivity index (χ0) is 16.3. The zero-order valence-corrected chi connectivity index (χ0v) is 14.3. The number of esters is 1. The predicted molar refractivity (Wildman–Crippen MR) is 89.5 cm³/mol. The van der Waals surface area contributed by atoms with Crippen LogP contribution in [0, 0.1) is 5.41 Å². The molecule has 5 heteroatoms. The number of methoxy groups -OCH3 is 1. The lowest BCUT2D eigenvalue weighted by atomic mass is 9.82. The van der Waals surface area contributed by atoms with E-state index in [9.17, 15) is 4.79 Å². The van der Waals surface area contributed by atoms with Crippen molar-refractivity contribution in [3.8, 4) is 0 Å². The number of rotatable bonds is 6. The number of hydrogen-bond acceptors (Lipinski definition) is 4. The molecule has 0 unspecified atom stereocenters. The Bertz CT molecular complexity index is 548. The van der Waals surface area contributed by atoms with Crippen molar-refractivity contribution in [2.75, 3.05) is 26.9 Å². The lowest BCUT2D eigenvalue weighted by molar-refractivity contribution is -0.142. The Morgan fingerprint density at radius 1 is 1.22 bits per heavy atom. The summed E-state index contributed by atoms with van der Waals surface area (Å²) in [5.74, 6) is -0.114. The minimum absolute atomic E-state index is 0.0742. The third kappa shape index (κ3) is 3.87. The van der Waals surface area contributed by atoms with Crippen LogP contribution in [0.25, 0.3) is 0 Å². The van der Waals surface area contributed by atoms with Gasteiger partial charge in [-0.2, -0.15) is 0 Å². The van der Waals surface area contributed by atoms with E-state index in [0.717, 1.165) is 50.5 Å². The third-order valence-corrected chi connectivity index (χ3v) is 5.50. The van der Waals surface area contributed by atoms with E-state index in [1.807, 2.05) is 12.1 Å². The molecule has 2 aliphatic rings. The van der Waals surface area contributed by atoms with Gasteiger partial charge in [0.1, 0.15) is 0 Å². The molecule has 0 amide bonds. The van der Waals surface area contributed by atoms with Crippen LogP contribution in [-0.2, 0) is 19.8 Å². The monoisotopic (exact) mass is 337 g/mol. The molecular formula is C18H24ClNO3. The van der Waals surface area contributed by atoms with E-state index in [0.29, 0.717) is 6.42 Å². The standard InChI is InChI=1S/C18H24ClNO3/c1-22-16(21)12-17(6-7-17)13-20-18(8-10-23-11-9-18)14-2-4-15(19)5-3-14/h2-5,20H,6-13H2,1H3. The number of carbonyl (C=O) groups excluding carboxylic acids is 1. The minimum Gasteiger partial charge on any atom is -0.469 e. The molecule has 4 nitrogen and oxygen atoms in total. The summed E-state index contributed by atoms with van der Waals surface area (Å²) in [5, 5.41) is 4.52. The Labute approximate surface area is 142 Å². The average molecular weight is 338 g/mol. The fourth-order valence-corrected chi connectivity index (χ4v) is 3.51. The molecule has 1 N–H and O–H groups in total. The van der Waals surface area contributed by atoms with Crippen molar-refractivity contribution in [2.24, 2.45) is 5.41 Å². The first-order valence-electron chi connectivity index (χ1n) is 8.23. The Hall–Kier alpha value is -1.10. The molecule has 1 saturated carbocycles. The van der Waals surface area contributed by atoms with Crippen LogP contribution in [0.2, 0.25) is 5.02 Å². The Morgan fingerprint density at radius 2 is 1.87 bits per heavy atom. The van der Waals surface area contributed by atoms with Gasteiger partial charge in [0.15, 0.2) is 0 Å². The Kier molecular flexibility index (Phi) is 4.95. The van der Waals surface area contributed by atoms with Gasteiger partial charge in [-0.05, 0) is 48.8 Å². The molecular weight excluding hydrogens is 314 g/mol. The molecule has 1 aromatic carbocycles. The highest BCUT2D eigenvalue weighted by atomic mass is 35.5. The lowest BCUT2D eigenvalue weighted by Crippen LogP contribution is -2.49. The second kappa shape index (κ2) is 6.80. The third-order valence-electron chi connectivity index (χ3n) is 5.25. The summed E-state index contributed by atoms with van der Waals surface area (Å²) in [5.41, 5.74) is 1.23. The maximum Gasteiger partial charge on any atom is 0.306 e. The van der Waals surface area contributed by atoms with E-state index in [-0.39, 0.29) is 16.9 Å². The number of carbonyl (C=O) groups is 1. The molecule has 1 aliphatic heterocycles. The highest BCUT2D eigenvalue weighted by molar-refractivity contribution is 6.30. The molecule has 0 bridgehead atoms. The van der Waals surface area contributed by atoms with Crippen molar-refractivity contribution in [1.82, 2.24) is 5.32 Å². The molecule has 3 rings (SSSR count). The second-order valence-corrected chi connectivity index (χ2v) is 7.24. The van der Waals surface area contributed by atoms with Gasteiger partial charge in [-0.1, -0.05) is 23.7 Å². The van der Waals surface area contributed by atoms with Gasteiger partial charge >= 0.3 is 5.97 Å². The van der Waals surface area contributed by atoms with Gasteiger partial charge in [0.05, 0.1) is 13.5 Å². The Morgan fingerprint density at radius 3 is 2.43 bits per heavy atom. The number of benzene rings is 1. The first-order valence-corrected chi connectivity index (χ1v) is 8.61. The predicted octanol–water partition coefficient (Wildman–Crippen LogP) is 3.28. The molecule has 0 aromatic heterocycles. The van der Waals surface area contributed by atoms with Gasteiger partial charge < -0.3 is 14.8 Å². The smallest absolute Gasteiger partial charge is 0.306 e. The van der Waals surface area contributed by atoms with Crippen LogP contribution in [0.1, 0.15) is 37.7 Å². The minimum atomic E-state index is -0.114. The van der Waals surface area contributed by atoms with Gasteiger partial charge in [-0.3, -0.25) is 4.79 Å². The van der Waals surface area contributed by atoms with Crippen LogP contribution in [-0.4, -0.2) is 32.8 Å². The fraction of sp³-hybridized carbons (Fsp3) is 0.611. The van der Waals surface area contributed by atoms with Crippen LogP contribution >= 0.6 is 11.6 Å². The zero-order valence-electron chi connectivity index (χ0n) is 13.6. The lowest BCUT2D eigenvalue weighted by Gasteiger charge is -2.40. The van der Waals surface area contributed by atoms with Gasteiger partial charge in [-0.15, -0.1) is 0 Å². The van der Waals surface area contributed by atoms with Crippen molar-refractivity contribution in [1.29, 1.82) is 0 Å². The first kappa shape index (κ1) is 16.7. The molecule has 1 aliphatic carbocycles. The van der Waals surface area contributed by atoms with Crippen LogP contribution in [0.4, 0.5) is 0 Å². The number of ether oxygens (including phenoxy) is 2. The van der Waals surface area contributed by atoms with Gasteiger partial charge in [0.25, 0.3) is 0 Å². The summed E-state index contributed by atoms with van der Waals surface area (Å²) in [6.07, 6.45) is 4.54. The normalized spacial score (nSPS) is 21.7. The van der Waals surface area contributed by atoms with E-state index in [4.69, 9.17) is 21.1 Å². The van der Waals surface area contributed by atoms with Crippen molar-refractivity contribution in [3.05, 3.63) is 34.9 Å². The highest BCUT2D eigenvalue weighted by Gasteiger charge is 2.46. The van der Waals surface area contributed by atoms with Crippen molar-refractivity contribution < 1.29 is 14.3 Å². The largest absolute Gasteiger partial charge is 0.469 e. The SMILES string of the molecule is COC(=O)CC1(CNC2(c3ccc(Cl)cc3)CCOCC2)CC1. The van der Waals surface area contributed by atoms with Crippen molar-refractivity contribution in [2.45, 2.75) is 37.6 Å². The molecule has 126 valence electrons. The molecule has 0 spiro atoms.